The summed E-state index contributed by atoms with van der Waals surface area (Å²) in [6.45, 7) is 1.64. The van der Waals surface area contributed by atoms with Crippen molar-refractivity contribution in [2.24, 2.45) is 0 Å². The van der Waals surface area contributed by atoms with E-state index in [2.05, 4.69) is 24.3 Å². The van der Waals surface area contributed by atoms with Gasteiger partial charge >= 0.3 is 5.97 Å². The molecular weight excluding hydrogens is 412 g/mol. The monoisotopic (exact) mass is 450 g/mol. The van der Waals surface area contributed by atoms with E-state index >= 15 is 0 Å². The molecule has 3 rings (SSSR count). The molecule has 178 valence electrons. The Balaban J connectivity index is 1.55. The van der Waals surface area contributed by atoms with E-state index in [0.717, 1.165) is 50.7 Å². The molecule has 4 heteroatoms. The molecule has 1 aliphatic rings. The Morgan fingerprint density at radius 2 is 1.24 bits per heavy atom. The van der Waals surface area contributed by atoms with E-state index in [1.165, 1.54) is 30.4 Å². The zero-order valence-electron chi connectivity index (χ0n) is 20.2. The van der Waals surface area contributed by atoms with Crippen molar-refractivity contribution in [3.05, 3.63) is 59.7 Å². The lowest BCUT2D eigenvalue weighted by molar-refractivity contribution is -0.134. The number of ether oxygens (including phenoxy) is 2. The molecule has 1 saturated carbocycles. The van der Waals surface area contributed by atoms with Gasteiger partial charge in [-0.15, -0.1) is 0 Å². The highest BCUT2D eigenvalue weighted by atomic mass is 16.5. The molecule has 1 aliphatic carbocycles. The fourth-order valence-electron chi connectivity index (χ4n) is 5.01. The number of hydrogen-bond acceptors (Lipinski definition) is 4. The summed E-state index contributed by atoms with van der Waals surface area (Å²) in [4.78, 5) is 23.2. The van der Waals surface area contributed by atoms with Crippen LogP contribution >= 0.6 is 0 Å². The number of unbranched alkanes of at least 4 members (excludes halogenated alkanes) is 4. The second-order valence-corrected chi connectivity index (χ2v) is 9.34. The Labute approximate surface area is 198 Å². The maximum Gasteiger partial charge on any atom is 0.311 e. The number of Topliss-reactive ketones (excluding diaryl/α,β-unsaturated/α-hetero) is 1. The van der Waals surface area contributed by atoms with Crippen LogP contribution in [0.15, 0.2) is 48.5 Å². The van der Waals surface area contributed by atoms with Gasteiger partial charge in [-0.1, -0.05) is 62.8 Å². The second-order valence-electron chi connectivity index (χ2n) is 9.34. The first kappa shape index (κ1) is 25.0. The largest absolute Gasteiger partial charge is 0.497 e. The molecule has 33 heavy (non-hydrogen) atoms. The molecule has 0 radical (unpaired) electrons. The van der Waals surface area contributed by atoms with Gasteiger partial charge in [0.05, 0.1) is 7.11 Å². The highest BCUT2D eigenvalue weighted by Gasteiger charge is 2.35. The Morgan fingerprint density at radius 1 is 0.727 bits per heavy atom. The van der Waals surface area contributed by atoms with Gasteiger partial charge in [0.2, 0.25) is 0 Å². The second kappa shape index (κ2) is 12.6. The first-order valence-corrected chi connectivity index (χ1v) is 12.5. The van der Waals surface area contributed by atoms with E-state index < -0.39 is 0 Å². The van der Waals surface area contributed by atoms with Crippen LogP contribution < -0.4 is 9.47 Å². The summed E-state index contributed by atoms with van der Waals surface area (Å²) >= 11 is 0. The van der Waals surface area contributed by atoms with Crippen LogP contribution in [0.5, 0.6) is 11.5 Å². The standard InChI is InChI=1S/C29H38O4/c1-23(30)11-7-4-3-5-8-12-28(31)33-27-19-15-25(16-20-27)29(21-9-6-10-22-29)24-13-17-26(32-2)18-14-24/h13-20H,3-12,21-22H2,1-2H3. The highest BCUT2D eigenvalue weighted by molar-refractivity contribution is 5.75. The van der Waals surface area contributed by atoms with E-state index in [1.54, 1.807) is 14.0 Å². The van der Waals surface area contributed by atoms with Crippen LogP contribution in [0, 0.1) is 0 Å². The molecular formula is C29H38O4. The number of carbonyl (C=O) groups excluding carboxylic acids is 2. The first-order valence-electron chi connectivity index (χ1n) is 12.5. The Bertz CT molecular complexity index is 877. The van der Waals surface area contributed by atoms with Crippen molar-refractivity contribution < 1.29 is 19.1 Å². The number of esters is 1. The van der Waals surface area contributed by atoms with E-state index in [1.807, 2.05) is 24.3 Å². The van der Waals surface area contributed by atoms with Gasteiger partial charge < -0.3 is 14.3 Å². The average molecular weight is 451 g/mol. The molecule has 0 unspecified atom stereocenters. The molecule has 1 fully saturated rings. The van der Waals surface area contributed by atoms with Crippen LogP contribution in [0.4, 0.5) is 0 Å². The summed E-state index contributed by atoms with van der Waals surface area (Å²) in [6, 6.07) is 16.6. The predicted molar refractivity (Wildman–Crippen MR) is 132 cm³/mol. The van der Waals surface area contributed by atoms with Gasteiger partial charge in [0.25, 0.3) is 0 Å². The molecule has 0 aromatic heterocycles. The summed E-state index contributed by atoms with van der Waals surface area (Å²) < 4.78 is 10.9. The van der Waals surface area contributed by atoms with Crippen LogP contribution in [0.3, 0.4) is 0 Å². The van der Waals surface area contributed by atoms with Crippen LogP contribution in [0.2, 0.25) is 0 Å². The van der Waals surface area contributed by atoms with Crippen molar-refractivity contribution in [2.45, 2.75) is 89.4 Å². The SMILES string of the molecule is COc1ccc(C2(c3ccc(OC(=O)CCCCCCCC(C)=O)cc3)CCCCC2)cc1. The average Bonchev–Trinajstić information content (AvgIpc) is 2.84. The third kappa shape index (κ3) is 7.18. The summed E-state index contributed by atoms with van der Waals surface area (Å²) in [5.74, 6) is 1.57. The normalized spacial score (nSPS) is 15.1. The first-order chi connectivity index (χ1) is 16.0. The number of methoxy groups -OCH3 is 1. The minimum atomic E-state index is -0.172. The lowest BCUT2D eigenvalue weighted by atomic mass is 9.65. The predicted octanol–water partition coefficient (Wildman–Crippen LogP) is 7.17. The summed E-state index contributed by atoms with van der Waals surface area (Å²) in [5.41, 5.74) is 2.63. The highest BCUT2D eigenvalue weighted by Crippen LogP contribution is 2.45. The molecule has 2 aromatic rings. The number of benzene rings is 2. The maximum atomic E-state index is 12.2. The smallest absolute Gasteiger partial charge is 0.311 e. The third-order valence-corrected chi connectivity index (χ3v) is 6.90. The zero-order valence-corrected chi connectivity index (χ0v) is 20.2. The minimum absolute atomic E-state index is 0.00937. The summed E-state index contributed by atoms with van der Waals surface area (Å²) in [6.07, 6.45) is 12.0. The van der Waals surface area contributed by atoms with Gasteiger partial charge in [0.1, 0.15) is 17.3 Å². The van der Waals surface area contributed by atoms with Gasteiger partial charge in [-0.25, -0.2) is 0 Å². The quantitative estimate of drug-likeness (QED) is 0.195. The van der Waals surface area contributed by atoms with Gasteiger partial charge in [-0.3, -0.25) is 4.79 Å². The molecule has 2 aromatic carbocycles. The van der Waals surface area contributed by atoms with Gasteiger partial charge in [0, 0.05) is 18.3 Å². The summed E-state index contributed by atoms with van der Waals surface area (Å²) in [7, 11) is 1.70. The van der Waals surface area contributed by atoms with Crippen molar-refractivity contribution in [3.63, 3.8) is 0 Å². The molecule has 0 atom stereocenters. The van der Waals surface area contributed by atoms with Crippen molar-refractivity contribution in [2.75, 3.05) is 7.11 Å². The molecule has 0 amide bonds. The van der Waals surface area contributed by atoms with Crippen LogP contribution in [-0.4, -0.2) is 18.9 Å². The fourth-order valence-corrected chi connectivity index (χ4v) is 5.01. The molecule has 0 bridgehead atoms. The minimum Gasteiger partial charge on any atom is -0.497 e. The van der Waals surface area contributed by atoms with E-state index in [9.17, 15) is 9.59 Å². The number of rotatable bonds is 12. The molecule has 0 N–H and O–H groups in total. The van der Waals surface area contributed by atoms with Crippen LogP contribution in [0.25, 0.3) is 0 Å². The molecule has 0 heterocycles. The topological polar surface area (TPSA) is 52.6 Å². The molecule has 0 aliphatic heterocycles. The van der Waals surface area contributed by atoms with Crippen molar-refractivity contribution >= 4 is 11.8 Å². The maximum absolute atomic E-state index is 12.2. The number of carbonyl (C=O) groups is 2. The van der Waals surface area contributed by atoms with E-state index in [4.69, 9.17) is 9.47 Å². The van der Waals surface area contributed by atoms with E-state index in [0.29, 0.717) is 18.6 Å². The van der Waals surface area contributed by atoms with Gasteiger partial charge in [-0.2, -0.15) is 0 Å². The van der Waals surface area contributed by atoms with Crippen LogP contribution in [0.1, 0.15) is 95.1 Å². The molecule has 0 saturated heterocycles. The van der Waals surface area contributed by atoms with E-state index in [-0.39, 0.29) is 17.2 Å². The van der Waals surface area contributed by atoms with Crippen molar-refractivity contribution in [1.29, 1.82) is 0 Å². The Morgan fingerprint density at radius 3 is 1.79 bits per heavy atom. The fraction of sp³-hybridized carbons (Fsp3) is 0.517. The van der Waals surface area contributed by atoms with Crippen LogP contribution in [-0.2, 0) is 15.0 Å². The molecule has 0 spiro atoms. The Hall–Kier alpha value is -2.62. The van der Waals surface area contributed by atoms with Crippen molar-refractivity contribution in [1.82, 2.24) is 0 Å². The number of ketones is 1. The summed E-state index contributed by atoms with van der Waals surface area (Å²) in [5, 5.41) is 0. The third-order valence-electron chi connectivity index (χ3n) is 6.90. The zero-order chi connectivity index (χ0) is 23.5. The van der Waals surface area contributed by atoms with Gasteiger partial charge in [-0.05, 0) is 68.0 Å². The lowest BCUT2D eigenvalue weighted by Crippen LogP contribution is -2.30. The van der Waals surface area contributed by atoms with Crippen molar-refractivity contribution in [3.8, 4) is 11.5 Å². The lowest BCUT2D eigenvalue weighted by Gasteiger charge is -2.38. The van der Waals surface area contributed by atoms with Gasteiger partial charge in [0.15, 0.2) is 0 Å². The number of hydrogen-bond donors (Lipinski definition) is 0. The molecule has 4 nitrogen and oxygen atoms in total. The Kier molecular flexibility index (Phi) is 9.53.